The summed E-state index contributed by atoms with van der Waals surface area (Å²) in [5.41, 5.74) is 6.08. The van der Waals surface area contributed by atoms with Crippen molar-refractivity contribution in [1.82, 2.24) is 0 Å². The third-order valence-electron chi connectivity index (χ3n) is 2.56. The average Bonchev–Trinajstić information content (AvgIpc) is 2.28. The molecule has 0 bridgehead atoms. The number of amides is 2. The molecule has 0 unspecified atom stereocenters. The number of anilines is 1. The van der Waals surface area contributed by atoms with Gasteiger partial charge in [-0.25, -0.2) is 4.79 Å². The number of hydrogen-bond donors (Lipinski definition) is 1. The molecule has 17 heavy (non-hydrogen) atoms. The van der Waals surface area contributed by atoms with Crippen LogP contribution in [-0.4, -0.2) is 25.3 Å². The third kappa shape index (κ3) is 2.27. The van der Waals surface area contributed by atoms with Crippen molar-refractivity contribution in [2.45, 2.75) is 19.9 Å². The van der Waals surface area contributed by atoms with Crippen LogP contribution in [0.3, 0.4) is 0 Å². The van der Waals surface area contributed by atoms with Crippen molar-refractivity contribution in [3.63, 3.8) is 0 Å². The molecule has 0 aromatic heterocycles. The summed E-state index contributed by atoms with van der Waals surface area (Å²) in [4.78, 5) is 12.9. The number of nitrogens with two attached hydrogens (primary N) is 1. The van der Waals surface area contributed by atoms with Gasteiger partial charge in [-0.3, -0.25) is 4.90 Å². The van der Waals surface area contributed by atoms with Crippen LogP contribution in [0, 0.1) is 0 Å². The molecular formula is C12H16N2O3. The van der Waals surface area contributed by atoms with E-state index in [0.717, 1.165) is 5.69 Å². The summed E-state index contributed by atoms with van der Waals surface area (Å²) in [5.74, 6) is 1.36. The van der Waals surface area contributed by atoms with Crippen molar-refractivity contribution >= 4 is 11.7 Å². The Balaban J connectivity index is 2.35. The van der Waals surface area contributed by atoms with Crippen LogP contribution in [0.4, 0.5) is 10.5 Å². The first-order chi connectivity index (χ1) is 8.09. The zero-order valence-corrected chi connectivity index (χ0v) is 9.97. The number of ether oxygens (including phenoxy) is 2. The first-order valence-corrected chi connectivity index (χ1v) is 5.58. The van der Waals surface area contributed by atoms with E-state index in [2.05, 4.69) is 0 Å². The fraction of sp³-hybridized carbons (Fsp3) is 0.417. The van der Waals surface area contributed by atoms with Crippen LogP contribution in [-0.2, 0) is 0 Å². The standard InChI is InChI=1S/C12H16N2O3/c1-8(2)14(12(13)15)9-3-4-10-11(7-9)17-6-5-16-10/h3-4,7-8H,5-6H2,1-2H3,(H2,13,15). The predicted molar refractivity (Wildman–Crippen MR) is 64.6 cm³/mol. The quantitative estimate of drug-likeness (QED) is 0.850. The Morgan fingerprint density at radius 3 is 2.53 bits per heavy atom. The zero-order chi connectivity index (χ0) is 12.4. The van der Waals surface area contributed by atoms with E-state index in [1.54, 1.807) is 18.2 Å². The lowest BCUT2D eigenvalue weighted by Crippen LogP contribution is -2.40. The van der Waals surface area contributed by atoms with Crippen LogP contribution in [0.5, 0.6) is 11.5 Å². The fourth-order valence-electron chi connectivity index (χ4n) is 1.86. The van der Waals surface area contributed by atoms with E-state index in [0.29, 0.717) is 24.7 Å². The second kappa shape index (κ2) is 4.53. The number of carbonyl (C=O) groups excluding carboxylic acids is 1. The molecule has 0 saturated carbocycles. The van der Waals surface area contributed by atoms with Gasteiger partial charge < -0.3 is 15.2 Å². The van der Waals surface area contributed by atoms with Gasteiger partial charge in [-0.1, -0.05) is 0 Å². The van der Waals surface area contributed by atoms with Crippen LogP contribution in [0.15, 0.2) is 18.2 Å². The van der Waals surface area contributed by atoms with Crippen LogP contribution < -0.4 is 20.1 Å². The number of nitrogens with zero attached hydrogens (tertiary/aromatic N) is 1. The number of hydrogen-bond acceptors (Lipinski definition) is 3. The zero-order valence-electron chi connectivity index (χ0n) is 9.97. The highest BCUT2D eigenvalue weighted by molar-refractivity contribution is 5.91. The van der Waals surface area contributed by atoms with Crippen molar-refractivity contribution in [2.24, 2.45) is 5.73 Å². The number of benzene rings is 1. The van der Waals surface area contributed by atoms with Crippen LogP contribution in [0.25, 0.3) is 0 Å². The molecule has 0 radical (unpaired) electrons. The number of fused-ring (bicyclic) bond motifs is 1. The van der Waals surface area contributed by atoms with Gasteiger partial charge in [-0.2, -0.15) is 0 Å². The molecule has 1 aromatic carbocycles. The molecule has 1 heterocycles. The normalized spacial score (nSPS) is 13.6. The van der Waals surface area contributed by atoms with Crippen molar-refractivity contribution in [1.29, 1.82) is 0 Å². The Hall–Kier alpha value is -1.91. The lowest BCUT2D eigenvalue weighted by atomic mass is 10.2. The van der Waals surface area contributed by atoms with E-state index in [-0.39, 0.29) is 6.04 Å². The largest absolute Gasteiger partial charge is 0.486 e. The molecule has 2 N–H and O–H groups in total. The molecule has 2 amide bonds. The van der Waals surface area contributed by atoms with Gasteiger partial charge in [-0.15, -0.1) is 0 Å². The van der Waals surface area contributed by atoms with Gasteiger partial charge in [0.2, 0.25) is 0 Å². The lowest BCUT2D eigenvalue weighted by molar-refractivity contribution is 0.171. The van der Waals surface area contributed by atoms with Gasteiger partial charge in [0.05, 0.1) is 0 Å². The smallest absolute Gasteiger partial charge is 0.319 e. The maximum absolute atomic E-state index is 11.4. The van der Waals surface area contributed by atoms with E-state index in [4.69, 9.17) is 15.2 Å². The monoisotopic (exact) mass is 236 g/mol. The Bertz CT molecular complexity index is 432. The molecule has 0 aliphatic carbocycles. The van der Waals surface area contributed by atoms with Crippen molar-refractivity contribution in [3.8, 4) is 11.5 Å². The maximum Gasteiger partial charge on any atom is 0.319 e. The molecule has 1 aliphatic rings. The molecular weight excluding hydrogens is 220 g/mol. The minimum Gasteiger partial charge on any atom is -0.486 e. The van der Waals surface area contributed by atoms with Gasteiger partial charge >= 0.3 is 6.03 Å². The predicted octanol–water partition coefficient (Wildman–Crippen LogP) is 1.75. The van der Waals surface area contributed by atoms with Gasteiger partial charge in [0, 0.05) is 17.8 Å². The highest BCUT2D eigenvalue weighted by atomic mass is 16.6. The first-order valence-electron chi connectivity index (χ1n) is 5.58. The van der Waals surface area contributed by atoms with E-state index in [1.165, 1.54) is 4.90 Å². The number of primary amides is 1. The molecule has 5 nitrogen and oxygen atoms in total. The number of carbonyl (C=O) groups is 1. The molecule has 92 valence electrons. The van der Waals surface area contributed by atoms with Crippen LogP contribution >= 0.6 is 0 Å². The van der Waals surface area contributed by atoms with E-state index in [9.17, 15) is 4.79 Å². The summed E-state index contributed by atoms with van der Waals surface area (Å²) >= 11 is 0. The second-order valence-electron chi connectivity index (χ2n) is 4.13. The topological polar surface area (TPSA) is 64.8 Å². The molecule has 0 spiro atoms. The van der Waals surface area contributed by atoms with Crippen molar-refractivity contribution in [3.05, 3.63) is 18.2 Å². The average molecular weight is 236 g/mol. The summed E-state index contributed by atoms with van der Waals surface area (Å²) < 4.78 is 10.9. The highest BCUT2D eigenvalue weighted by Crippen LogP contribution is 2.34. The van der Waals surface area contributed by atoms with Crippen molar-refractivity contribution in [2.75, 3.05) is 18.1 Å². The molecule has 2 rings (SSSR count). The summed E-state index contributed by atoms with van der Waals surface area (Å²) in [6, 6.07) is 4.89. The van der Waals surface area contributed by atoms with E-state index >= 15 is 0 Å². The van der Waals surface area contributed by atoms with E-state index in [1.807, 2.05) is 13.8 Å². The molecule has 1 aromatic rings. The molecule has 0 atom stereocenters. The maximum atomic E-state index is 11.4. The SMILES string of the molecule is CC(C)N(C(N)=O)c1ccc2c(c1)OCCO2. The summed E-state index contributed by atoms with van der Waals surface area (Å²) in [6.07, 6.45) is 0. The molecule has 0 fully saturated rings. The molecule has 1 aliphatic heterocycles. The van der Waals surface area contributed by atoms with Gasteiger partial charge in [0.25, 0.3) is 0 Å². The first kappa shape index (κ1) is 11.6. The highest BCUT2D eigenvalue weighted by Gasteiger charge is 2.19. The fourth-order valence-corrected chi connectivity index (χ4v) is 1.86. The van der Waals surface area contributed by atoms with Gasteiger partial charge in [0.15, 0.2) is 11.5 Å². The minimum atomic E-state index is -0.475. The summed E-state index contributed by atoms with van der Waals surface area (Å²) in [6.45, 7) is 4.88. The number of rotatable bonds is 2. The Morgan fingerprint density at radius 2 is 1.94 bits per heavy atom. The summed E-state index contributed by atoms with van der Waals surface area (Å²) in [7, 11) is 0. The molecule has 0 saturated heterocycles. The van der Waals surface area contributed by atoms with Gasteiger partial charge in [-0.05, 0) is 26.0 Å². The Labute approximate surface area is 100 Å². The van der Waals surface area contributed by atoms with Crippen LogP contribution in [0.2, 0.25) is 0 Å². The second-order valence-corrected chi connectivity index (χ2v) is 4.13. The number of urea groups is 1. The van der Waals surface area contributed by atoms with Gasteiger partial charge in [0.1, 0.15) is 13.2 Å². The van der Waals surface area contributed by atoms with Crippen molar-refractivity contribution < 1.29 is 14.3 Å². The lowest BCUT2D eigenvalue weighted by Gasteiger charge is -2.26. The minimum absolute atomic E-state index is 0.00458. The van der Waals surface area contributed by atoms with E-state index < -0.39 is 6.03 Å². The summed E-state index contributed by atoms with van der Waals surface area (Å²) in [5, 5.41) is 0. The third-order valence-corrected chi connectivity index (χ3v) is 2.56. The van der Waals surface area contributed by atoms with Crippen LogP contribution in [0.1, 0.15) is 13.8 Å². The molecule has 5 heteroatoms. The Morgan fingerprint density at radius 1 is 1.29 bits per heavy atom. The Kier molecular flexibility index (Phi) is 3.08.